The number of methoxy groups -OCH3 is 1. The first-order chi connectivity index (χ1) is 15.5. The van der Waals surface area contributed by atoms with Crippen molar-refractivity contribution in [1.82, 2.24) is 5.32 Å². The molecule has 4 rings (SSSR count). The number of rotatable bonds is 7. The topological polar surface area (TPSA) is 84.9 Å². The number of fused-ring (bicyclic) bond motifs is 3. The van der Waals surface area contributed by atoms with Gasteiger partial charge in [-0.15, -0.1) is 0 Å². The van der Waals surface area contributed by atoms with Crippen LogP contribution in [0.5, 0.6) is 5.75 Å². The van der Waals surface area contributed by atoms with E-state index < -0.39 is 18.1 Å². The maximum absolute atomic E-state index is 12.5. The van der Waals surface area contributed by atoms with Crippen LogP contribution in [0.15, 0.2) is 66.7 Å². The van der Waals surface area contributed by atoms with E-state index in [-0.39, 0.29) is 18.9 Å². The van der Waals surface area contributed by atoms with Crippen LogP contribution in [0.4, 0.5) is 4.79 Å². The van der Waals surface area contributed by atoms with Gasteiger partial charge < -0.3 is 19.9 Å². The number of nitrogens with one attached hydrogen (secondary N) is 1. The standard InChI is InChI=1S/C25H22ClNO5/c1-31-17-11-15(10-16(26)13-17)12-23(24(28)29)27-25(30)32-14-22-20-8-4-2-6-18(20)19-7-3-5-9-21(19)22/h2-11,13,22-23H,12,14H2,1H3,(H,27,30)(H,28,29)/t23-/m1/s1. The van der Waals surface area contributed by atoms with Gasteiger partial charge in [-0.25, -0.2) is 9.59 Å². The number of alkyl carbamates (subject to hydrolysis) is 1. The summed E-state index contributed by atoms with van der Waals surface area (Å²) in [6.45, 7) is 0.108. The molecule has 0 aromatic heterocycles. The molecule has 1 aliphatic rings. The highest BCUT2D eigenvalue weighted by Gasteiger charge is 2.29. The summed E-state index contributed by atoms with van der Waals surface area (Å²) in [5.74, 6) is -0.760. The molecule has 1 amide bonds. The minimum atomic E-state index is -1.17. The van der Waals surface area contributed by atoms with E-state index in [1.165, 1.54) is 7.11 Å². The summed E-state index contributed by atoms with van der Waals surface area (Å²) in [6, 6.07) is 19.8. The van der Waals surface area contributed by atoms with Gasteiger partial charge in [-0.05, 0) is 46.0 Å². The Hall–Kier alpha value is -3.51. The van der Waals surface area contributed by atoms with Crippen LogP contribution in [0.2, 0.25) is 5.02 Å². The van der Waals surface area contributed by atoms with Gasteiger partial charge >= 0.3 is 12.1 Å². The number of carbonyl (C=O) groups excluding carboxylic acids is 1. The zero-order valence-corrected chi connectivity index (χ0v) is 18.1. The molecule has 1 aliphatic carbocycles. The fraction of sp³-hybridized carbons (Fsp3) is 0.200. The van der Waals surface area contributed by atoms with Gasteiger partial charge in [0.05, 0.1) is 7.11 Å². The van der Waals surface area contributed by atoms with Gasteiger partial charge in [-0.3, -0.25) is 0 Å². The monoisotopic (exact) mass is 451 g/mol. The van der Waals surface area contributed by atoms with Gasteiger partial charge in [0, 0.05) is 17.4 Å². The smallest absolute Gasteiger partial charge is 0.407 e. The van der Waals surface area contributed by atoms with Crippen LogP contribution < -0.4 is 10.1 Å². The maximum Gasteiger partial charge on any atom is 0.407 e. The SMILES string of the molecule is COc1cc(Cl)cc(C[C@@H](NC(=O)OCC2c3ccccc3-c3ccccc32)C(=O)O)c1. The third-order valence-electron chi connectivity index (χ3n) is 5.54. The largest absolute Gasteiger partial charge is 0.497 e. The molecule has 0 aliphatic heterocycles. The molecule has 0 saturated heterocycles. The summed E-state index contributed by atoms with van der Waals surface area (Å²) >= 11 is 6.06. The van der Waals surface area contributed by atoms with Crippen molar-refractivity contribution in [2.24, 2.45) is 0 Å². The third-order valence-corrected chi connectivity index (χ3v) is 5.76. The first kappa shape index (κ1) is 21.7. The highest BCUT2D eigenvalue weighted by molar-refractivity contribution is 6.30. The van der Waals surface area contributed by atoms with E-state index in [0.717, 1.165) is 22.3 Å². The van der Waals surface area contributed by atoms with Crippen molar-refractivity contribution >= 4 is 23.7 Å². The fourth-order valence-electron chi connectivity index (χ4n) is 4.07. The average molecular weight is 452 g/mol. The van der Waals surface area contributed by atoms with Gasteiger partial charge in [0.15, 0.2) is 0 Å². The molecule has 0 radical (unpaired) electrons. The normalized spacial score (nSPS) is 13.1. The van der Waals surface area contributed by atoms with Crippen LogP contribution in [0.3, 0.4) is 0 Å². The molecule has 2 N–H and O–H groups in total. The lowest BCUT2D eigenvalue weighted by atomic mass is 9.98. The molecule has 3 aromatic carbocycles. The van der Waals surface area contributed by atoms with Gasteiger partial charge in [-0.2, -0.15) is 0 Å². The molecule has 1 atom stereocenters. The first-order valence-electron chi connectivity index (χ1n) is 10.1. The molecule has 6 nitrogen and oxygen atoms in total. The molecule has 0 fully saturated rings. The number of carbonyl (C=O) groups is 2. The zero-order chi connectivity index (χ0) is 22.7. The van der Waals surface area contributed by atoms with Gasteiger partial charge in [0.25, 0.3) is 0 Å². The lowest BCUT2D eigenvalue weighted by molar-refractivity contribution is -0.139. The van der Waals surface area contributed by atoms with Crippen LogP contribution in [0.25, 0.3) is 11.1 Å². The van der Waals surface area contributed by atoms with E-state index in [0.29, 0.717) is 16.3 Å². The van der Waals surface area contributed by atoms with Crippen LogP contribution in [0, 0.1) is 0 Å². The Morgan fingerprint density at radius 1 is 1.03 bits per heavy atom. The molecule has 0 unspecified atom stereocenters. The lowest BCUT2D eigenvalue weighted by Crippen LogP contribution is -2.42. The summed E-state index contributed by atoms with van der Waals surface area (Å²) in [7, 11) is 1.50. The highest BCUT2D eigenvalue weighted by Crippen LogP contribution is 2.44. The van der Waals surface area contributed by atoms with Gasteiger partial charge in [0.1, 0.15) is 18.4 Å². The van der Waals surface area contributed by atoms with E-state index in [1.54, 1.807) is 18.2 Å². The molecule has 0 bridgehead atoms. The van der Waals surface area contributed by atoms with Crippen LogP contribution in [-0.4, -0.2) is 36.9 Å². The number of hydrogen-bond acceptors (Lipinski definition) is 4. The van der Waals surface area contributed by atoms with Gasteiger partial charge in [-0.1, -0.05) is 60.1 Å². The van der Waals surface area contributed by atoms with Crippen molar-refractivity contribution in [2.75, 3.05) is 13.7 Å². The second-order valence-electron chi connectivity index (χ2n) is 7.56. The van der Waals surface area contributed by atoms with E-state index in [4.69, 9.17) is 21.1 Å². The van der Waals surface area contributed by atoms with Crippen molar-refractivity contribution in [3.05, 3.63) is 88.4 Å². The van der Waals surface area contributed by atoms with E-state index in [9.17, 15) is 14.7 Å². The quantitative estimate of drug-likeness (QED) is 0.534. The molecule has 7 heteroatoms. The van der Waals surface area contributed by atoms with Crippen molar-refractivity contribution in [1.29, 1.82) is 0 Å². The Labute approximate surface area is 190 Å². The first-order valence-corrected chi connectivity index (χ1v) is 10.5. The average Bonchev–Trinajstić information content (AvgIpc) is 3.10. The van der Waals surface area contributed by atoms with Crippen molar-refractivity contribution in [2.45, 2.75) is 18.4 Å². The molecule has 0 saturated carbocycles. The Morgan fingerprint density at radius 3 is 2.25 bits per heavy atom. The Bertz CT molecular complexity index is 1120. The number of carboxylic acids is 1. The molecule has 0 heterocycles. The number of carboxylic acid groups (broad SMARTS) is 1. The molecular weight excluding hydrogens is 430 g/mol. The molecule has 3 aromatic rings. The maximum atomic E-state index is 12.5. The van der Waals surface area contributed by atoms with Crippen molar-refractivity contribution in [3.8, 4) is 16.9 Å². The Kier molecular flexibility index (Phi) is 6.32. The van der Waals surface area contributed by atoms with Crippen LogP contribution in [0.1, 0.15) is 22.6 Å². The summed E-state index contributed by atoms with van der Waals surface area (Å²) in [4.78, 5) is 24.2. The van der Waals surface area contributed by atoms with Crippen LogP contribution in [-0.2, 0) is 16.0 Å². The van der Waals surface area contributed by atoms with E-state index in [2.05, 4.69) is 5.32 Å². The highest BCUT2D eigenvalue weighted by atomic mass is 35.5. The predicted molar refractivity (Wildman–Crippen MR) is 121 cm³/mol. The second-order valence-corrected chi connectivity index (χ2v) is 8.00. The Morgan fingerprint density at radius 2 is 1.66 bits per heavy atom. The van der Waals surface area contributed by atoms with E-state index in [1.807, 2.05) is 48.5 Å². The van der Waals surface area contributed by atoms with E-state index >= 15 is 0 Å². The number of aliphatic carboxylic acids is 1. The van der Waals surface area contributed by atoms with Crippen molar-refractivity contribution in [3.63, 3.8) is 0 Å². The molecular formula is C25H22ClNO5. The minimum Gasteiger partial charge on any atom is -0.497 e. The lowest BCUT2D eigenvalue weighted by Gasteiger charge is -2.18. The minimum absolute atomic E-state index is 0.0381. The van der Waals surface area contributed by atoms with Crippen molar-refractivity contribution < 1.29 is 24.2 Å². The summed E-state index contributed by atoms with van der Waals surface area (Å²) < 4.78 is 10.6. The molecule has 0 spiro atoms. The third kappa shape index (κ3) is 4.55. The fourth-order valence-corrected chi connectivity index (χ4v) is 4.32. The summed E-state index contributed by atoms with van der Waals surface area (Å²) in [6.07, 6.45) is -0.746. The second kappa shape index (κ2) is 9.32. The summed E-state index contributed by atoms with van der Waals surface area (Å²) in [5, 5.41) is 12.5. The Balaban J connectivity index is 1.44. The molecule has 164 valence electrons. The summed E-state index contributed by atoms with van der Waals surface area (Å²) in [5.41, 5.74) is 5.04. The zero-order valence-electron chi connectivity index (χ0n) is 17.4. The number of benzene rings is 3. The van der Waals surface area contributed by atoms with Crippen LogP contribution >= 0.6 is 11.6 Å². The number of halogens is 1. The number of amides is 1. The molecule has 32 heavy (non-hydrogen) atoms. The number of hydrogen-bond donors (Lipinski definition) is 2. The predicted octanol–water partition coefficient (Wildman–Crippen LogP) is 4.88. The van der Waals surface area contributed by atoms with Gasteiger partial charge in [0.2, 0.25) is 0 Å². The number of ether oxygens (including phenoxy) is 2.